The first kappa shape index (κ1) is 35.3. The van der Waals surface area contributed by atoms with Gasteiger partial charge in [-0.2, -0.15) is 0 Å². The lowest BCUT2D eigenvalue weighted by Gasteiger charge is -2.33. The molecule has 0 N–H and O–H groups in total. The molecule has 0 unspecified atom stereocenters. The SMILES string of the molecule is c1ccc(-c2ccc(N(c3ccc(-c4ccccc4)cc3)c3cccc(-c4cccc(N5c6ccccc6Cc6c5n(-c5ccccc5)c5ccccc65)c4)c3)cc2)cc1. The number of nitrogens with zero attached hydrogens (tertiary/aromatic N) is 3. The standard InChI is InChI=1S/C57H41N3/c1-4-16-41(17-5-1)43-30-34-49(35-31-43)58(50-36-32-44(33-37-50)42-18-6-2-7-19-42)51-25-14-21-45(38-51)46-22-15-26-52(39-46)60-55-28-12-10-20-47(55)40-54-53-27-11-13-29-56(53)59(57(54)60)48-23-8-3-9-24-48/h1-39H,40H2. The molecule has 0 fully saturated rings. The molecule has 1 aromatic heterocycles. The van der Waals surface area contributed by atoms with Crippen molar-refractivity contribution in [1.29, 1.82) is 0 Å². The third-order valence-corrected chi connectivity index (χ3v) is 11.8. The van der Waals surface area contributed by atoms with Crippen LogP contribution in [0.4, 0.5) is 34.3 Å². The van der Waals surface area contributed by atoms with E-state index >= 15 is 0 Å². The van der Waals surface area contributed by atoms with Crippen LogP contribution in [0.1, 0.15) is 11.1 Å². The summed E-state index contributed by atoms with van der Waals surface area (Å²) in [6.45, 7) is 0. The second kappa shape index (κ2) is 15.1. The van der Waals surface area contributed by atoms with Crippen LogP contribution in [-0.4, -0.2) is 4.57 Å². The van der Waals surface area contributed by atoms with Gasteiger partial charge in [-0.1, -0.05) is 164 Å². The van der Waals surface area contributed by atoms with Gasteiger partial charge in [0, 0.05) is 45.8 Å². The first-order valence-corrected chi connectivity index (χ1v) is 20.6. The molecule has 10 aromatic rings. The molecule has 9 aromatic carbocycles. The Morgan fingerprint density at radius 3 is 1.52 bits per heavy atom. The summed E-state index contributed by atoms with van der Waals surface area (Å²) in [7, 11) is 0. The number of anilines is 6. The largest absolute Gasteiger partial charge is 0.310 e. The average Bonchev–Trinajstić information content (AvgIpc) is 3.66. The summed E-state index contributed by atoms with van der Waals surface area (Å²) in [6, 6.07) is 85.5. The van der Waals surface area contributed by atoms with E-state index in [0.717, 1.165) is 46.0 Å². The van der Waals surface area contributed by atoms with Crippen LogP contribution in [0.25, 0.3) is 50.0 Å². The van der Waals surface area contributed by atoms with Gasteiger partial charge in [-0.25, -0.2) is 0 Å². The minimum absolute atomic E-state index is 0.874. The second-order valence-corrected chi connectivity index (χ2v) is 15.4. The number of fused-ring (bicyclic) bond motifs is 4. The van der Waals surface area contributed by atoms with E-state index in [4.69, 9.17) is 0 Å². The molecule has 0 spiro atoms. The first-order chi connectivity index (χ1) is 29.8. The van der Waals surface area contributed by atoms with Gasteiger partial charge in [0.05, 0.1) is 11.2 Å². The van der Waals surface area contributed by atoms with E-state index in [1.165, 1.54) is 55.8 Å². The maximum atomic E-state index is 2.48. The van der Waals surface area contributed by atoms with Crippen molar-refractivity contribution in [2.75, 3.05) is 9.80 Å². The normalized spacial score (nSPS) is 11.9. The van der Waals surface area contributed by atoms with E-state index in [0.29, 0.717) is 0 Å². The van der Waals surface area contributed by atoms with Crippen molar-refractivity contribution in [2.45, 2.75) is 6.42 Å². The Bertz CT molecular complexity index is 3010. The van der Waals surface area contributed by atoms with Crippen LogP contribution >= 0.6 is 0 Å². The maximum absolute atomic E-state index is 2.48. The highest BCUT2D eigenvalue weighted by molar-refractivity contribution is 5.98. The lowest BCUT2D eigenvalue weighted by Crippen LogP contribution is -2.20. The molecule has 0 aliphatic carbocycles. The van der Waals surface area contributed by atoms with E-state index in [-0.39, 0.29) is 0 Å². The predicted molar refractivity (Wildman–Crippen MR) is 252 cm³/mol. The van der Waals surface area contributed by atoms with Crippen molar-refractivity contribution in [3.8, 4) is 39.1 Å². The summed E-state index contributed by atoms with van der Waals surface area (Å²) in [5.74, 6) is 1.19. The average molecular weight is 768 g/mol. The number of hydrogen-bond acceptors (Lipinski definition) is 2. The van der Waals surface area contributed by atoms with Crippen LogP contribution in [0.5, 0.6) is 0 Å². The van der Waals surface area contributed by atoms with Crippen molar-refractivity contribution >= 4 is 45.2 Å². The Morgan fingerprint density at radius 2 is 0.850 bits per heavy atom. The minimum Gasteiger partial charge on any atom is -0.310 e. The summed E-state index contributed by atoms with van der Waals surface area (Å²) >= 11 is 0. The van der Waals surface area contributed by atoms with Crippen LogP contribution < -0.4 is 9.80 Å². The topological polar surface area (TPSA) is 11.4 Å². The zero-order valence-corrected chi connectivity index (χ0v) is 33.1. The van der Waals surface area contributed by atoms with Crippen molar-refractivity contribution in [1.82, 2.24) is 4.57 Å². The molecule has 3 nitrogen and oxygen atoms in total. The number of rotatable bonds is 8. The molecule has 3 heteroatoms. The van der Waals surface area contributed by atoms with Gasteiger partial charge in [0.1, 0.15) is 5.82 Å². The zero-order chi connectivity index (χ0) is 39.8. The number of para-hydroxylation sites is 3. The number of benzene rings is 9. The molecular formula is C57H41N3. The smallest absolute Gasteiger partial charge is 0.127 e. The van der Waals surface area contributed by atoms with Gasteiger partial charge in [-0.05, 0) is 112 Å². The van der Waals surface area contributed by atoms with Crippen LogP contribution in [0, 0.1) is 0 Å². The monoisotopic (exact) mass is 767 g/mol. The van der Waals surface area contributed by atoms with E-state index < -0.39 is 0 Å². The molecule has 1 aliphatic heterocycles. The van der Waals surface area contributed by atoms with Gasteiger partial charge in [0.2, 0.25) is 0 Å². The Hall–Kier alpha value is -7.88. The quantitative estimate of drug-likeness (QED) is 0.153. The highest BCUT2D eigenvalue weighted by Gasteiger charge is 2.31. The molecule has 60 heavy (non-hydrogen) atoms. The molecule has 0 saturated heterocycles. The Kier molecular flexibility index (Phi) is 8.90. The third kappa shape index (κ3) is 6.34. The van der Waals surface area contributed by atoms with Crippen molar-refractivity contribution < 1.29 is 0 Å². The number of aromatic nitrogens is 1. The Labute approximate surface area is 351 Å². The van der Waals surface area contributed by atoms with E-state index in [1.807, 2.05) is 0 Å². The molecule has 2 heterocycles. The first-order valence-electron chi connectivity index (χ1n) is 20.6. The van der Waals surface area contributed by atoms with Gasteiger partial charge >= 0.3 is 0 Å². The molecule has 1 aliphatic rings. The van der Waals surface area contributed by atoms with Gasteiger partial charge in [-0.15, -0.1) is 0 Å². The molecule has 284 valence electrons. The second-order valence-electron chi connectivity index (χ2n) is 15.4. The van der Waals surface area contributed by atoms with Gasteiger partial charge in [-0.3, -0.25) is 9.47 Å². The summed E-state index contributed by atoms with van der Waals surface area (Å²) < 4.78 is 2.44. The third-order valence-electron chi connectivity index (χ3n) is 11.8. The van der Waals surface area contributed by atoms with Crippen LogP contribution in [0.15, 0.2) is 237 Å². The molecule has 0 atom stereocenters. The van der Waals surface area contributed by atoms with Gasteiger partial charge < -0.3 is 4.90 Å². The fourth-order valence-corrected chi connectivity index (χ4v) is 8.95. The highest BCUT2D eigenvalue weighted by Crippen LogP contribution is 2.49. The van der Waals surface area contributed by atoms with E-state index in [9.17, 15) is 0 Å². The summed E-state index contributed by atoms with van der Waals surface area (Å²) in [5.41, 5.74) is 17.7. The lowest BCUT2D eigenvalue weighted by molar-refractivity contribution is 1.01. The molecule has 11 rings (SSSR count). The fourth-order valence-electron chi connectivity index (χ4n) is 8.95. The van der Waals surface area contributed by atoms with E-state index in [2.05, 4.69) is 251 Å². The fraction of sp³-hybridized carbons (Fsp3) is 0.0175. The zero-order valence-electron chi connectivity index (χ0n) is 33.1. The maximum Gasteiger partial charge on any atom is 0.127 e. The lowest BCUT2D eigenvalue weighted by atomic mass is 9.96. The van der Waals surface area contributed by atoms with Crippen molar-refractivity contribution in [2.24, 2.45) is 0 Å². The molecule has 0 bridgehead atoms. The summed E-state index contributed by atoms with van der Waals surface area (Å²) in [6.07, 6.45) is 0.874. The van der Waals surface area contributed by atoms with Gasteiger partial charge in [0.25, 0.3) is 0 Å². The molecule has 0 radical (unpaired) electrons. The summed E-state index contributed by atoms with van der Waals surface area (Å²) in [4.78, 5) is 4.84. The molecule has 0 amide bonds. The van der Waals surface area contributed by atoms with Crippen molar-refractivity contribution in [3.05, 3.63) is 248 Å². The predicted octanol–water partition coefficient (Wildman–Crippen LogP) is 15.5. The molecule has 0 saturated carbocycles. The Morgan fingerprint density at radius 1 is 0.350 bits per heavy atom. The molecular weight excluding hydrogens is 727 g/mol. The van der Waals surface area contributed by atoms with Crippen LogP contribution in [-0.2, 0) is 6.42 Å². The van der Waals surface area contributed by atoms with Crippen LogP contribution in [0.3, 0.4) is 0 Å². The minimum atomic E-state index is 0.874. The van der Waals surface area contributed by atoms with Crippen LogP contribution in [0.2, 0.25) is 0 Å². The van der Waals surface area contributed by atoms with Crippen molar-refractivity contribution in [3.63, 3.8) is 0 Å². The van der Waals surface area contributed by atoms with Gasteiger partial charge in [0.15, 0.2) is 0 Å². The summed E-state index contributed by atoms with van der Waals surface area (Å²) in [5, 5.41) is 1.29. The highest BCUT2D eigenvalue weighted by atomic mass is 15.3. The Balaban J connectivity index is 1.03. The number of hydrogen-bond donors (Lipinski definition) is 0. The van der Waals surface area contributed by atoms with E-state index in [1.54, 1.807) is 0 Å².